The van der Waals surface area contributed by atoms with E-state index in [1.54, 1.807) is 0 Å². The van der Waals surface area contributed by atoms with Crippen LogP contribution in [0.25, 0.3) is 0 Å². The highest BCUT2D eigenvalue weighted by molar-refractivity contribution is 5.08. The second kappa shape index (κ2) is 3.51. The third kappa shape index (κ3) is 1.36. The maximum absolute atomic E-state index is 5.94. The van der Waals surface area contributed by atoms with Gasteiger partial charge in [-0.25, -0.2) is 0 Å². The highest BCUT2D eigenvalue weighted by Gasteiger charge is 2.59. The molecule has 3 aliphatic carbocycles. The molecule has 0 amide bonds. The lowest BCUT2D eigenvalue weighted by Crippen LogP contribution is -2.33. The van der Waals surface area contributed by atoms with E-state index < -0.39 is 0 Å². The Kier molecular flexibility index (Phi) is 2.35. The lowest BCUT2D eigenvalue weighted by Gasteiger charge is -2.34. The van der Waals surface area contributed by atoms with Crippen LogP contribution >= 0.6 is 0 Å². The summed E-state index contributed by atoms with van der Waals surface area (Å²) in [5.74, 6) is 6.56. The molecule has 2 bridgehead atoms. The Morgan fingerprint density at radius 3 is 2.44 bits per heavy atom. The van der Waals surface area contributed by atoms with E-state index >= 15 is 0 Å². The van der Waals surface area contributed by atoms with Gasteiger partial charge in [-0.15, -0.1) is 0 Å². The topological polar surface area (TPSA) is 9.23 Å². The fourth-order valence-corrected chi connectivity index (χ4v) is 5.33. The summed E-state index contributed by atoms with van der Waals surface area (Å²) < 4.78 is 5.94. The van der Waals surface area contributed by atoms with Gasteiger partial charge in [0.2, 0.25) is 0 Å². The van der Waals surface area contributed by atoms with Gasteiger partial charge in [0.1, 0.15) is 6.10 Å². The molecule has 16 heavy (non-hydrogen) atoms. The van der Waals surface area contributed by atoms with Gasteiger partial charge in [0.15, 0.2) is 0 Å². The molecule has 7 unspecified atom stereocenters. The number of ether oxygens (including phenoxy) is 1. The minimum atomic E-state index is 0.497. The van der Waals surface area contributed by atoms with Crippen molar-refractivity contribution in [3.8, 4) is 0 Å². The van der Waals surface area contributed by atoms with Gasteiger partial charge in [0.25, 0.3) is 0 Å². The normalized spacial score (nSPS) is 54.1. The van der Waals surface area contributed by atoms with Gasteiger partial charge in [-0.1, -0.05) is 20.4 Å². The zero-order chi connectivity index (χ0) is 11.4. The van der Waals surface area contributed by atoms with Crippen molar-refractivity contribution in [2.75, 3.05) is 0 Å². The first-order valence-electron chi connectivity index (χ1n) is 6.90. The average Bonchev–Trinajstić information content (AvgIpc) is 2.78. The number of hydrogen-bond donors (Lipinski definition) is 0. The molecule has 3 saturated carbocycles. The molecule has 3 rings (SSSR count). The second-order valence-electron chi connectivity index (χ2n) is 6.60. The van der Waals surface area contributed by atoms with Crippen LogP contribution in [-0.4, -0.2) is 6.10 Å². The first-order chi connectivity index (χ1) is 7.58. The molecule has 3 aliphatic rings. The molecule has 0 saturated heterocycles. The SMILES string of the molecule is C=C(C)OC1CC2CC1C1C(C)CC(C)C21. The molecule has 0 aromatic heterocycles. The lowest BCUT2D eigenvalue weighted by molar-refractivity contribution is 0.0195. The average molecular weight is 220 g/mol. The smallest absolute Gasteiger partial charge is 0.102 e. The van der Waals surface area contributed by atoms with Gasteiger partial charge < -0.3 is 4.74 Å². The minimum Gasteiger partial charge on any atom is -0.495 e. The summed E-state index contributed by atoms with van der Waals surface area (Å²) in [5, 5.41) is 0. The second-order valence-corrected chi connectivity index (χ2v) is 6.60. The molecule has 0 aromatic carbocycles. The van der Waals surface area contributed by atoms with E-state index in [1.807, 2.05) is 6.92 Å². The Bertz CT molecular complexity index is 309. The molecule has 0 heterocycles. The van der Waals surface area contributed by atoms with Gasteiger partial charge in [0.05, 0.1) is 5.76 Å². The van der Waals surface area contributed by atoms with Crippen molar-refractivity contribution in [3.63, 3.8) is 0 Å². The summed E-state index contributed by atoms with van der Waals surface area (Å²) in [6, 6.07) is 0. The first kappa shape index (κ1) is 10.7. The first-order valence-corrected chi connectivity index (χ1v) is 6.90. The molecule has 0 aromatic rings. The van der Waals surface area contributed by atoms with Gasteiger partial charge in [-0.2, -0.15) is 0 Å². The predicted molar refractivity (Wildman–Crippen MR) is 65.8 cm³/mol. The predicted octanol–water partition coefficient (Wildman–Crippen LogP) is 3.85. The summed E-state index contributed by atoms with van der Waals surface area (Å²) in [7, 11) is 0. The number of rotatable bonds is 2. The quantitative estimate of drug-likeness (QED) is 0.642. The van der Waals surface area contributed by atoms with Gasteiger partial charge >= 0.3 is 0 Å². The summed E-state index contributed by atoms with van der Waals surface area (Å²) in [4.78, 5) is 0. The fraction of sp³-hybridized carbons (Fsp3) is 0.867. The van der Waals surface area contributed by atoms with Crippen molar-refractivity contribution in [2.45, 2.75) is 46.1 Å². The largest absolute Gasteiger partial charge is 0.495 e. The van der Waals surface area contributed by atoms with E-state index in [9.17, 15) is 0 Å². The van der Waals surface area contributed by atoms with Crippen molar-refractivity contribution in [2.24, 2.45) is 35.5 Å². The number of fused-ring (bicyclic) bond motifs is 5. The Balaban J connectivity index is 1.79. The van der Waals surface area contributed by atoms with Crippen molar-refractivity contribution < 1.29 is 4.74 Å². The van der Waals surface area contributed by atoms with Crippen LogP contribution in [0.15, 0.2) is 12.3 Å². The van der Waals surface area contributed by atoms with Gasteiger partial charge in [0, 0.05) is 0 Å². The standard InChI is InChI=1S/C15H24O/c1-8(2)16-13-7-11-6-12(13)15-10(4)5-9(3)14(11)15/h9-15H,1,5-7H2,2-4H3. The Morgan fingerprint density at radius 1 is 1.06 bits per heavy atom. The highest BCUT2D eigenvalue weighted by atomic mass is 16.5. The van der Waals surface area contributed by atoms with Crippen LogP contribution in [0.1, 0.15) is 40.0 Å². The Morgan fingerprint density at radius 2 is 1.75 bits per heavy atom. The molecule has 0 radical (unpaired) electrons. The van der Waals surface area contributed by atoms with Crippen molar-refractivity contribution >= 4 is 0 Å². The summed E-state index contributed by atoms with van der Waals surface area (Å²) in [5.41, 5.74) is 0. The summed E-state index contributed by atoms with van der Waals surface area (Å²) >= 11 is 0. The molecule has 0 spiro atoms. The zero-order valence-electron chi connectivity index (χ0n) is 10.8. The zero-order valence-corrected chi connectivity index (χ0v) is 10.8. The van der Waals surface area contributed by atoms with Crippen LogP contribution < -0.4 is 0 Å². The molecule has 1 heteroatoms. The van der Waals surface area contributed by atoms with E-state index in [4.69, 9.17) is 4.74 Å². The molecular formula is C15H24O. The van der Waals surface area contributed by atoms with E-state index in [-0.39, 0.29) is 0 Å². The van der Waals surface area contributed by atoms with Crippen molar-refractivity contribution in [3.05, 3.63) is 12.3 Å². The van der Waals surface area contributed by atoms with Crippen LogP contribution in [0.5, 0.6) is 0 Å². The third-order valence-electron chi connectivity index (χ3n) is 5.48. The lowest BCUT2D eigenvalue weighted by atomic mass is 9.75. The molecule has 0 aliphatic heterocycles. The minimum absolute atomic E-state index is 0.497. The van der Waals surface area contributed by atoms with Crippen LogP contribution in [0.3, 0.4) is 0 Å². The fourth-order valence-electron chi connectivity index (χ4n) is 5.33. The van der Waals surface area contributed by atoms with E-state index in [1.165, 1.54) is 19.3 Å². The summed E-state index contributed by atoms with van der Waals surface area (Å²) in [6.07, 6.45) is 4.68. The third-order valence-corrected chi connectivity index (χ3v) is 5.48. The maximum Gasteiger partial charge on any atom is 0.102 e. The maximum atomic E-state index is 5.94. The molecule has 7 atom stereocenters. The van der Waals surface area contributed by atoms with Crippen LogP contribution in [-0.2, 0) is 4.74 Å². The van der Waals surface area contributed by atoms with Gasteiger partial charge in [-0.05, 0) is 61.7 Å². The number of allylic oxidation sites excluding steroid dienone is 1. The van der Waals surface area contributed by atoms with E-state index in [0.29, 0.717) is 6.10 Å². The van der Waals surface area contributed by atoms with Crippen LogP contribution in [0, 0.1) is 35.5 Å². The van der Waals surface area contributed by atoms with E-state index in [2.05, 4.69) is 20.4 Å². The molecule has 3 fully saturated rings. The Labute approximate surface area is 99.3 Å². The molecule has 1 nitrogen and oxygen atoms in total. The molecule has 90 valence electrons. The summed E-state index contributed by atoms with van der Waals surface area (Å²) in [6.45, 7) is 10.8. The molecule has 0 N–H and O–H groups in total. The Hall–Kier alpha value is -0.460. The monoisotopic (exact) mass is 220 g/mol. The van der Waals surface area contributed by atoms with Crippen LogP contribution in [0.2, 0.25) is 0 Å². The van der Waals surface area contributed by atoms with E-state index in [0.717, 1.165) is 41.3 Å². The van der Waals surface area contributed by atoms with Gasteiger partial charge in [-0.3, -0.25) is 0 Å². The molecular weight excluding hydrogens is 196 g/mol. The highest BCUT2D eigenvalue weighted by Crippen LogP contribution is 2.63. The van der Waals surface area contributed by atoms with Crippen molar-refractivity contribution in [1.29, 1.82) is 0 Å². The number of hydrogen-bond acceptors (Lipinski definition) is 1. The van der Waals surface area contributed by atoms with Crippen LogP contribution in [0.4, 0.5) is 0 Å². The van der Waals surface area contributed by atoms with Crippen molar-refractivity contribution in [1.82, 2.24) is 0 Å².